The average Bonchev–Trinajstić information content (AvgIpc) is 2.45. The van der Waals surface area contributed by atoms with Crippen molar-refractivity contribution in [3.05, 3.63) is 39.9 Å². The van der Waals surface area contributed by atoms with Gasteiger partial charge in [0.15, 0.2) is 0 Å². The van der Waals surface area contributed by atoms with E-state index in [9.17, 15) is 19.3 Å². The summed E-state index contributed by atoms with van der Waals surface area (Å²) >= 11 is 0. The molecular formula is C14H18FN3O3. The number of nitrogens with two attached hydrogens (primary N) is 1. The van der Waals surface area contributed by atoms with Gasteiger partial charge in [-0.3, -0.25) is 20.3 Å². The van der Waals surface area contributed by atoms with Crippen LogP contribution in [0.3, 0.4) is 0 Å². The summed E-state index contributed by atoms with van der Waals surface area (Å²) in [5, 5.41) is 10.9. The maximum Gasteiger partial charge on any atom is 0.269 e. The number of halogens is 1. The minimum absolute atomic E-state index is 0.0582. The van der Waals surface area contributed by atoms with Crippen molar-refractivity contribution < 1.29 is 14.1 Å². The zero-order chi connectivity index (χ0) is 15.6. The van der Waals surface area contributed by atoms with E-state index in [2.05, 4.69) is 5.43 Å². The lowest BCUT2D eigenvalue weighted by atomic mass is 9.55. The van der Waals surface area contributed by atoms with E-state index in [1.807, 2.05) is 6.92 Å². The topological polar surface area (TPSA) is 98.3 Å². The monoisotopic (exact) mass is 295 g/mol. The number of hydrazine groups is 1. The maximum absolute atomic E-state index is 13.5. The van der Waals surface area contributed by atoms with E-state index < -0.39 is 22.4 Å². The Labute approximate surface area is 121 Å². The van der Waals surface area contributed by atoms with Crippen LogP contribution in [0.1, 0.15) is 31.7 Å². The van der Waals surface area contributed by atoms with Crippen LogP contribution >= 0.6 is 0 Å². The van der Waals surface area contributed by atoms with Crippen LogP contribution in [-0.2, 0) is 10.2 Å². The molecule has 114 valence electrons. The van der Waals surface area contributed by atoms with Crippen molar-refractivity contribution in [2.24, 2.45) is 11.8 Å². The third-order valence-corrected chi connectivity index (χ3v) is 4.34. The third kappa shape index (κ3) is 2.61. The van der Waals surface area contributed by atoms with E-state index >= 15 is 0 Å². The van der Waals surface area contributed by atoms with Gasteiger partial charge in [-0.25, -0.2) is 10.2 Å². The standard InChI is InChI=1S/C14H18FN3O3/c1-2-12(13(19)17-16)14(7-10(15)8-14)9-4-3-5-11(6-9)18(20)21/h3-6,10,12H,2,7-8,16H2,1H3,(H,17,19). The number of non-ortho nitro benzene ring substituents is 1. The summed E-state index contributed by atoms with van der Waals surface area (Å²) < 4.78 is 13.5. The fourth-order valence-corrected chi connectivity index (χ4v) is 3.31. The normalized spacial score (nSPS) is 25.8. The zero-order valence-electron chi connectivity index (χ0n) is 11.7. The van der Waals surface area contributed by atoms with E-state index in [4.69, 9.17) is 5.84 Å². The number of nitrogens with zero attached hydrogens (tertiary/aromatic N) is 1. The van der Waals surface area contributed by atoms with Gasteiger partial charge in [0.2, 0.25) is 5.91 Å². The summed E-state index contributed by atoms with van der Waals surface area (Å²) in [6.45, 7) is 1.82. The van der Waals surface area contributed by atoms with Crippen LogP contribution in [0.25, 0.3) is 0 Å². The van der Waals surface area contributed by atoms with Gasteiger partial charge >= 0.3 is 0 Å². The highest BCUT2D eigenvalue weighted by Gasteiger charge is 2.53. The molecule has 1 aromatic carbocycles. The van der Waals surface area contributed by atoms with Crippen molar-refractivity contribution in [1.82, 2.24) is 5.43 Å². The van der Waals surface area contributed by atoms with Crippen LogP contribution in [0.15, 0.2) is 24.3 Å². The number of carbonyl (C=O) groups excluding carboxylic acids is 1. The molecule has 0 bridgehead atoms. The van der Waals surface area contributed by atoms with Crippen molar-refractivity contribution in [2.45, 2.75) is 37.8 Å². The lowest BCUT2D eigenvalue weighted by Crippen LogP contribution is -2.54. The molecule has 0 radical (unpaired) electrons. The number of benzene rings is 1. The maximum atomic E-state index is 13.5. The Morgan fingerprint density at radius 3 is 2.76 bits per heavy atom. The van der Waals surface area contributed by atoms with Gasteiger partial charge in [0.05, 0.1) is 4.92 Å². The van der Waals surface area contributed by atoms with Crippen molar-refractivity contribution >= 4 is 11.6 Å². The summed E-state index contributed by atoms with van der Waals surface area (Å²) in [7, 11) is 0. The molecule has 21 heavy (non-hydrogen) atoms. The van der Waals surface area contributed by atoms with Gasteiger partial charge in [-0.15, -0.1) is 0 Å². The lowest BCUT2D eigenvalue weighted by Gasteiger charge is -2.49. The molecule has 1 aliphatic rings. The van der Waals surface area contributed by atoms with Crippen LogP contribution in [0.2, 0.25) is 0 Å². The van der Waals surface area contributed by atoms with Crippen LogP contribution in [0.5, 0.6) is 0 Å². The second-order valence-electron chi connectivity index (χ2n) is 5.44. The van der Waals surface area contributed by atoms with Gasteiger partial charge in [0, 0.05) is 23.5 Å². The SMILES string of the molecule is CCC(C(=O)NN)C1(c2cccc([N+](=O)[O-])c2)CC(F)C1. The average molecular weight is 295 g/mol. The molecular weight excluding hydrogens is 277 g/mol. The summed E-state index contributed by atoms with van der Waals surface area (Å²) in [6, 6.07) is 6.09. The quantitative estimate of drug-likeness (QED) is 0.375. The summed E-state index contributed by atoms with van der Waals surface area (Å²) in [5.74, 6) is 4.35. The molecule has 1 unspecified atom stereocenters. The minimum Gasteiger partial charge on any atom is -0.294 e. The van der Waals surface area contributed by atoms with Gasteiger partial charge in [0.25, 0.3) is 5.69 Å². The van der Waals surface area contributed by atoms with Crippen molar-refractivity contribution in [2.75, 3.05) is 0 Å². The van der Waals surface area contributed by atoms with Crippen molar-refractivity contribution in [3.63, 3.8) is 0 Å². The molecule has 1 saturated carbocycles. The Morgan fingerprint density at radius 1 is 1.62 bits per heavy atom. The third-order valence-electron chi connectivity index (χ3n) is 4.34. The van der Waals surface area contributed by atoms with Gasteiger partial charge in [-0.1, -0.05) is 19.1 Å². The molecule has 1 aromatic rings. The molecule has 0 aromatic heterocycles. The number of hydrogen-bond donors (Lipinski definition) is 2. The Morgan fingerprint density at radius 2 is 2.29 bits per heavy atom. The van der Waals surface area contributed by atoms with Crippen molar-refractivity contribution in [1.29, 1.82) is 0 Å². The molecule has 0 heterocycles. The minimum atomic E-state index is -0.996. The second-order valence-corrected chi connectivity index (χ2v) is 5.44. The van der Waals surface area contributed by atoms with Crippen molar-refractivity contribution in [3.8, 4) is 0 Å². The zero-order valence-corrected chi connectivity index (χ0v) is 11.7. The number of nitrogens with one attached hydrogen (secondary N) is 1. The van der Waals surface area contributed by atoms with E-state index in [1.165, 1.54) is 12.1 Å². The first-order chi connectivity index (χ1) is 9.94. The van der Waals surface area contributed by atoms with E-state index in [0.29, 0.717) is 12.0 Å². The number of nitro groups is 1. The molecule has 6 nitrogen and oxygen atoms in total. The first-order valence-electron chi connectivity index (χ1n) is 6.84. The molecule has 0 aliphatic heterocycles. The molecule has 1 fully saturated rings. The number of amides is 1. The molecule has 1 atom stereocenters. The summed E-state index contributed by atoms with van der Waals surface area (Å²) in [4.78, 5) is 22.4. The fourth-order valence-electron chi connectivity index (χ4n) is 3.31. The van der Waals surface area contributed by atoms with E-state index in [0.717, 1.165) is 0 Å². The number of nitro benzene ring substituents is 1. The highest BCUT2D eigenvalue weighted by molar-refractivity contribution is 5.80. The Hall–Kier alpha value is -2.02. The van der Waals surface area contributed by atoms with Gasteiger partial charge in [-0.2, -0.15) is 0 Å². The molecule has 0 spiro atoms. The fraction of sp³-hybridized carbons (Fsp3) is 0.500. The lowest BCUT2D eigenvalue weighted by molar-refractivity contribution is -0.385. The highest BCUT2D eigenvalue weighted by atomic mass is 19.1. The van der Waals surface area contributed by atoms with Crippen LogP contribution in [0.4, 0.5) is 10.1 Å². The first kappa shape index (κ1) is 15.4. The molecule has 7 heteroatoms. The summed E-state index contributed by atoms with van der Waals surface area (Å²) in [6.07, 6.45) is -0.151. The number of hydrogen-bond acceptors (Lipinski definition) is 4. The molecule has 3 N–H and O–H groups in total. The highest BCUT2D eigenvalue weighted by Crippen LogP contribution is 2.52. The Balaban J connectivity index is 2.45. The predicted molar refractivity (Wildman–Crippen MR) is 75.0 cm³/mol. The number of carbonyl (C=O) groups is 1. The van der Waals surface area contributed by atoms with Crippen LogP contribution in [0, 0.1) is 16.0 Å². The second kappa shape index (κ2) is 5.77. The predicted octanol–water partition coefficient (Wildman–Crippen LogP) is 1.98. The van der Waals surface area contributed by atoms with Gasteiger partial charge in [0.1, 0.15) is 6.17 Å². The number of rotatable bonds is 5. The molecule has 2 rings (SSSR count). The smallest absolute Gasteiger partial charge is 0.269 e. The van der Waals surface area contributed by atoms with Crippen LogP contribution in [-0.4, -0.2) is 17.0 Å². The first-order valence-corrected chi connectivity index (χ1v) is 6.84. The van der Waals surface area contributed by atoms with E-state index in [-0.39, 0.29) is 24.4 Å². The molecule has 1 amide bonds. The van der Waals surface area contributed by atoms with Crippen LogP contribution < -0.4 is 11.3 Å². The Kier molecular flexibility index (Phi) is 4.22. The number of alkyl halides is 1. The largest absolute Gasteiger partial charge is 0.294 e. The molecule has 1 aliphatic carbocycles. The Bertz CT molecular complexity index is 558. The van der Waals surface area contributed by atoms with Gasteiger partial charge in [-0.05, 0) is 24.8 Å². The van der Waals surface area contributed by atoms with E-state index in [1.54, 1.807) is 12.1 Å². The molecule has 0 saturated heterocycles. The summed E-state index contributed by atoms with van der Waals surface area (Å²) in [5.41, 5.74) is 1.97. The van der Waals surface area contributed by atoms with Gasteiger partial charge < -0.3 is 0 Å².